The zero-order valence-corrected chi connectivity index (χ0v) is 8.18. The second kappa shape index (κ2) is 4.41. The van der Waals surface area contributed by atoms with Gasteiger partial charge in [-0.2, -0.15) is 0 Å². The number of nitrogens with zero attached hydrogens (tertiary/aromatic N) is 2. The van der Waals surface area contributed by atoms with E-state index < -0.39 is 5.97 Å². The molecule has 1 aliphatic rings. The monoisotopic (exact) mass is 212 g/mol. The van der Waals surface area contributed by atoms with Crippen molar-refractivity contribution >= 4 is 5.97 Å². The molecule has 2 rings (SSSR count). The van der Waals surface area contributed by atoms with E-state index in [2.05, 4.69) is 14.6 Å². The van der Waals surface area contributed by atoms with Crippen LogP contribution in [0.4, 0.5) is 0 Å². The first-order valence-corrected chi connectivity index (χ1v) is 4.74. The fourth-order valence-electron chi connectivity index (χ4n) is 1.48. The van der Waals surface area contributed by atoms with Gasteiger partial charge in [0, 0.05) is 25.7 Å². The highest BCUT2D eigenvalue weighted by molar-refractivity contribution is 5.84. The quantitative estimate of drug-likeness (QED) is 0.771. The van der Waals surface area contributed by atoms with Crippen LogP contribution in [0.2, 0.25) is 0 Å². The lowest BCUT2D eigenvalue weighted by atomic mass is 10.3. The largest absolute Gasteiger partial charge is 0.475 e. The van der Waals surface area contributed by atoms with E-state index in [4.69, 9.17) is 9.84 Å². The average molecular weight is 212 g/mol. The molecule has 0 unspecified atom stereocenters. The van der Waals surface area contributed by atoms with E-state index in [-0.39, 0.29) is 5.76 Å². The predicted octanol–water partition coefficient (Wildman–Crippen LogP) is 0.205. The first-order valence-electron chi connectivity index (χ1n) is 4.74. The second-order valence-electron chi connectivity index (χ2n) is 3.38. The number of hydrogen-bond acceptors (Lipinski definition) is 5. The fourth-order valence-corrected chi connectivity index (χ4v) is 1.48. The molecule has 0 atom stereocenters. The molecule has 0 saturated carbocycles. The number of rotatable bonds is 3. The number of carboxylic acids is 1. The van der Waals surface area contributed by atoms with Gasteiger partial charge in [-0.3, -0.25) is 4.90 Å². The van der Waals surface area contributed by atoms with Crippen molar-refractivity contribution in [2.24, 2.45) is 0 Å². The Morgan fingerprint density at radius 2 is 2.27 bits per heavy atom. The van der Waals surface area contributed by atoms with Crippen molar-refractivity contribution in [1.29, 1.82) is 0 Å². The molecule has 1 aliphatic heterocycles. The SMILES string of the molecule is O=C(O)c1cc(CN2CCOCC2)no1. The Kier molecular flexibility index (Phi) is 2.98. The summed E-state index contributed by atoms with van der Waals surface area (Å²) in [5, 5.41) is 12.3. The van der Waals surface area contributed by atoms with Crippen LogP contribution in [-0.2, 0) is 11.3 Å². The Morgan fingerprint density at radius 3 is 2.87 bits per heavy atom. The molecule has 0 amide bonds. The zero-order chi connectivity index (χ0) is 10.7. The minimum absolute atomic E-state index is 0.113. The molecule has 1 saturated heterocycles. The molecule has 0 spiro atoms. The predicted molar refractivity (Wildman–Crippen MR) is 49.6 cm³/mol. The molecule has 0 aromatic carbocycles. The molecule has 6 heteroatoms. The summed E-state index contributed by atoms with van der Waals surface area (Å²) in [6, 6.07) is 1.46. The van der Waals surface area contributed by atoms with E-state index in [1.807, 2.05) is 0 Å². The molecule has 82 valence electrons. The summed E-state index contributed by atoms with van der Waals surface area (Å²) in [7, 11) is 0. The van der Waals surface area contributed by atoms with Gasteiger partial charge in [-0.05, 0) is 0 Å². The third-order valence-electron chi connectivity index (χ3n) is 2.26. The van der Waals surface area contributed by atoms with Crippen molar-refractivity contribution in [2.75, 3.05) is 26.3 Å². The molecule has 1 fully saturated rings. The fraction of sp³-hybridized carbons (Fsp3) is 0.556. The van der Waals surface area contributed by atoms with Crippen LogP contribution in [-0.4, -0.2) is 47.4 Å². The Hall–Kier alpha value is -1.40. The van der Waals surface area contributed by atoms with E-state index in [1.54, 1.807) is 0 Å². The van der Waals surface area contributed by atoms with Crippen LogP contribution in [0.1, 0.15) is 16.2 Å². The molecule has 2 heterocycles. The molecule has 1 N–H and O–H groups in total. The van der Waals surface area contributed by atoms with Crippen LogP contribution >= 0.6 is 0 Å². The third-order valence-corrected chi connectivity index (χ3v) is 2.26. The van der Waals surface area contributed by atoms with Gasteiger partial charge in [-0.25, -0.2) is 4.79 Å². The Bertz CT molecular complexity index is 344. The van der Waals surface area contributed by atoms with Crippen molar-refractivity contribution in [2.45, 2.75) is 6.54 Å². The van der Waals surface area contributed by atoms with Crippen molar-refractivity contribution in [1.82, 2.24) is 10.1 Å². The lowest BCUT2D eigenvalue weighted by Crippen LogP contribution is -2.35. The van der Waals surface area contributed by atoms with Gasteiger partial charge in [0.1, 0.15) is 0 Å². The van der Waals surface area contributed by atoms with Crippen molar-refractivity contribution < 1.29 is 19.2 Å². The van der Waals surface area contributed by atoms with Crippen LogP contribution < -0.4 is 0 Å². The topological polar surface area (TPSA) is 75.8 Å². The number of morpholine rings is 1. The first kappa shape index (κ1) is 10.1. The maximum atomic E-state index is 10.5. The summed E-state index contributed by atoms with van der Waals surface area (Å²) >= 11 is 0. The highest BCUT2D eigenvalue weighted by atomic mass is 16.5. The molecule has 1 aromatic rings. The molecule has 0 bridgehead atoms. The third kappa shape index (κ3) is 2.54. The number of aromatic nitrogens is 1. The maximum Gasteiger partial charge on any atom is 0.374 e. The van der Waals surface area contributed by atoms with E-state index in [0.29, 0.717) is 25.5 Å². The smallest absolute Gasteiger partial charge is 0.374 e. The summed E-state index contributed by atoms with van der Waals surface area (Å²) in [6.45, 7) is 3.72. The lowest BCUT2D eigenvalue weighted by Gasteiger charge is -2.25. The molecule has 6 nitrogen and oxygen atoms in total. The van der Waals surface area contributed by atoms with Gasteiger partial charge in [0.05, 0.1) is 18.9 Å². The Labute approximate surface area is 86.4 Å². The van der Waals surface area contributed by atoms with Gasteiger partial charge in [0.15, 0.2) is 0 Å². The van der Waals surface area contributed by atoms with Gasteiger partial charge < -0.3 is 14.4 Å². The molecule has 0 radical (unpaired) electrons. The molecular weight excluding hydrogens is 200 g/mol. The van der Waals surface area contributed by atoms with Crippen LogP contribution in [0.3, 0.4) is 0 Å². The van der Waals surface area contributed by atoms with Crippen LogP contribution in [0, 0.1) is 0 Å². The maximum absolute atomic E-state index is 10.5. The number of carboxylic acid groups (broad SMARTS) is 1. The van der Waals surface area contributed by atoms with Crippen molar-refractivity contribution in [3.05, 3.63) is 17.5 Å². The van der Waals surface area contributed by atoms with Crippen molar-refractivity contribution in [3.63, 3.8) is 0 Å². The van der Waals surface area contributed by atoms with Crippen LogP contribution in [0.5, 0.6) is 0 Å². The van der Waals surface area contributed by atoms with E-state index in [9.17, 15) is 4.79 Å². The van der Waals surface area contributed by atoms with Gasteiger partial charge in [0.2, 0.25) is 5.76 Å². The Balaban J connectivity index is 1.94. The summed E-state index contributed by atoms with van der Waals surface area (Å²) in [5.74, 6) is -1.20. The van der Waals surface area contributed by atoms with Gasteiger partial charge in [-0.15, -0.1) is 0 Å². The molecular formula is C9H12N2O4. The van der Waals surface area contributed by atoms with E-state index in [1.165, 1.54) is 6.07 Å². The second-order valence-corrected chi connectivity index (χ2v) is 3.38. The van der Waals surface area contributed by atoms with Gasteiger partial charge in [-0.1, -0.05) is 5.16 Å². The van der Waals surface area contributed by atoms with Crippen molar-refractivity contribution in [3.8, 4) is 0 Å². The number of ether oxygens (including phenoxy) is 1. The molecule has 0 aliphatic carbocycles. The summed E-state index contributed by atoms with van der Waals surface area (Å²) in [6.07, 6.45) is 0. The Morgan fingerprint density at radius 1 is 1.53 bits per heavy atom. The summed E-state index contributed by atoms with van der Waals surface area (Å²) in [4.78, 5) is 12.7. The number of carbonyl (C=O) groups is 1. The van der Waals surface area contributed by atoms with E-state index in [0.717, 1.165) is 13.1 Å². The zero-order valence-electron chi connectivity index (χ0n) is 8.18. The first-order chi connectivity index (χ1) is 7.25. The average Bonchev–Trinajstić information content (AvgIpc) is 2.68. The number of aromatic carboxylic acids is 1. The summed E-state index contributed by atoms with van der Waals surface area (Å²) < 4.78 is 9.86. The highest BCUT2D eigenvalue weighted by Crippen LogP contribution is 2.08. The van der Waals surface area contributed by atoms with Crippen LogP contribution in [0.15, 0.2) is 10.6 Å². The molecule has 1 aromatic heterocycles. The highest BCUT2D eigenvalue weighted by Gasteiger charge is 2.15. The summed E-state index contributed by atoms with van der Waals surface area (Å²) in [5.41, 5.74) is 0.648. The normalized spacial score (nSPS) is 17.9. The van der Waals surface area contributed by atoms with Gasteiger partial charge >= 0.3 is 5.97 Å². The molecule has 15 heavy (non-hydrogen) atoms. The van der Waals surface area contributed by atoms with Gasteiger partial charge in [0.25, 0.3) is 0 Å². The van der Waals surface area contributed by atoms with Crippen LogP contribution in [0.25, 0.3) is 0 Å². The minimum Gasteiger partial charge on any atom is -0.475 e. The standard InChI is InChI=1S/C9H12N2O4/c12-9(13)8-5-7(10-15-8)6-11-1-3-14-4-2-11/h5H,1-4,6H2,(H,12,13). The minimum atomic E-state index is -1.09. The number of hydrogen-bond donors (Lipinski definition) is 1. The van der Waals surface area contributed by atoms with E-state index >= 15 is 0 Å². The lowest BCUT2D eigenvalue weighted by molar-refractivity contribution is 0.0332.